The Morgan fingerprint density at radius 2 is 1.85 bits per heavy atom. The summed E-state index contributed by atoms with van der Waals surface area (Å²) in [5, 5.41) is 15.9. The molecule has 3 nitrogen and oxygen atoms in total. The number of nitrogens with zero attached hydrogens (tertiary/aromatic N) is 2. The summed E-state index contributed by atoms with van der Waals surface area (Å²) in [5.41, 5.74) is 0.853. The molecule has 4 fully saturated rings. The van der Waals surface area contributed by atoms with Gasteiger partial charge in [-0.3, -0.25) is 4.68 Å². The molecule has 4 heteroatoms. The molecule has 0 amide bonds. The highest BCUT2D eigenvalue weighted by atomic mass is 35.5. The summed E-state index contributed by atoms with van der Waals surface area (Å²) in [6.45, 7) is 2.82. The van der Waals surface area contributed by atoms with Gasteiger partial charge in [-0.25, -0.2) is 0 Å². The van der Waals surface area contributed by atoms with E-state index in [-0.39, 0.29) is 0 Å². The average molecular weight is 295 g/mol. The molecule has 1 unspecified atom stereocenters. The van der Waals surface area contributed by atoms with Crippen molar-refractivity contribution in [2.45, 2.75) is 51.7 Å². The first kappa shape index (κ1) is 13.1. The van der Waals surface area contributed by atoms with Crippen LogP contribution in [0.25, 0.3) is 0 Å². The first-order valence-electron chi connectivity index (χ1n) is 8.06. The molecule has 110 valence electrons. The van der Waals surface area contributed by atoms with Crippen LogP contribution in [0.5, 0.6) is 0 Å². The smallest absolute Gasteiger partial charge is 0.100 e. The Kier molecular flexibility index (Phi) is 3.11. The summed E-state index contributed by atoms with van der Waals surface area (Å²) >= 11 is 6.29. The maximum absolute atomic E-state index is 11.0. The van der Waals surface area contributed by atoms with E-state index in [1.807, 2.05) is 4.68 Å². The molecular weight excluding hydrogens is 272 g/mol. The summed E-state index contributed by atoms with van der Waals surface area (Å²) in [5.74, 6) is 3.69. The van der Waals surface area contributed by atoms with Gasteiger partial charge >= 0.3 is 0 Å². The van der Waals surface area contributed by atoms with Crippen LogP contribution < -0.4 is 0 Å². The molecule has 4 saturated carbocycles. The van der Waals surface area contributed by atoms with Crippen molar-refractivity contribution >= 4 is 11.6 Å². The third-order valence-electron chi connectivity index (χ3n) is 6.08. The Bertz CT molecular complexity index is 485. The lowest BCUT2D eigenvalue weighted by molar-refractivity contribution is -0.0929. The largest absolute Gasteiger partial charge is 0.386 e. The minimum absolute atomic E-state index is 0.405. The van der Waals surface area contributed by atoms with Crippen LogP contribution in [0.3, 0.4) is 0 Å². The summed E-state index contributed by atoms with van der Waals surface area (Å²) in [6.07, 6.45) is 8.00. The lowest BCUT2D eigenvalue weighted by Crippen LogP contribution is -2.47. The van der Waals surface area contributed by atoms with Crippen molar-refractivity contribution in [1.29, 1.82) is 0 Å². The van der Waals surface area contributed by atoms with Crippen molar-refractivity contribution in [2.75, 3.05) is 0 Å². The van der Waals surface area contributed by atoms with Gasteiger partial charge in [0.05, 0.1) is 16.9 Å². The number of rotatable bonds is 3. The molecule has 0 saturated heterocycles. The third kappa shape index (κ3) is 1.86. The quantitative estimate of drug-likeness (QED) is 0.924. The maximum atomic E-state index is 11.0. The predicted molar refractivity (Wildman–Crippen MR) is 78.4 cm³/mol. The molecule has 1 N–H and O–H groups in total. The molecule has 1 aromatic heterocycles. The summed E-state index contributed by atoms with van der Waals surface area (Å²) < 4.78 is 1.87. The fourth-order valence-corrected chi connectivity index (χ4v) is 5.84. The molecule has 1 heterocycles. The van der Waals surface area contributed by atoms with Crippen LogP contribution in [-0.2, 0) is 6.54 Å². The van der Waals surface area contributed by atoms with Gasteiger partial charge < -0.3 is 5.11 Å². The Labute approximate surface area is 125 Å². The zero-order chi connectivity index (χ0) is 13.9. The second-order valence-electron chi connectivity index (χ2n) is 7.15. The summed E-state index contributed by atoms with van der Waals surface area (Å²) in [4.78, 5) is 0. The molecule has 0 radical (unpaired) electrons. The standard InChI is InChI=1S/C16H23ClN2O/c1-2-19-15(13(17)8-18-19)16(20)14-11-4-9-3-10(6-11)7-12(14)5-9/h8-12,14,16,20H,2-7H2,1H3. The van der Waals surface area contributed by atoms with Crippen molar-refractivity contribution in [1.82, 2.24) is 9.78 Å². The Hall–Kier alpha value is -0.540. The van der Waals surface area contributed by atoms with E-state index in [0.717, 1.165) is 24.1 Å². The topological polar surface area (TPSA) is 38.0 Å². The van der Waals surface area contributed by atoms with Crippen molar-refractivity contribution in [3.63, 3.8) is 0 Å². The first-order chi connectivity index (χ1) is 9.67. The van der Waals surface area contributed by atoms with E-state index in [2.05, 4.69) is 12.0 Å². The third-order valence-corrected chi connectivity index (χ3v) is 6.37. The van der Waals surface area contributed by atoms with Gasteiger partial charge in [0.1, 0.15) is 6.10 Å². The van der Waals surface area contributed by atoms with Gasteiger partial charge in [0.15, 0.2) is 0 Å². The maximum Gasteiger partial charge on any atom is 0.100 e. The van der Waals surface area contributed by atoms with Crippen molar-refractivity contribution in [3.05, 3.63) is 16.9 Å². The lowest BCUT2D eigenvalue weighted by Gasteiger charge is -2.55. The van der Waals surface area contributed by atoms with E-state index >= 15 is 0 Å². The average Bonchev–Trinajstić information content (AvgIpc) is 2.78. The van der Waals surface area contributed by atoms with Crippen LogP contribution in [-0.4, -0.2) is 14.9 Å². The van der Waals surface area contributed by atoms with Crippen molar-refractivity contribution in [3.8, 4) is 0 Å². The van der Waals surface area contributed by atoms with Crippen LogP contribution in [0.1, 0.15) is 50.8 Å². The summed E-state index contributed by atoms with van der Waals surface area (Å²) in [6, 6.07) is 0. The molecule has 20 heavy (non-hydrogen) atoms. The van der Waals surface area contributed by atoms with E-state index < -0.39 is 6.10 Å². The highest BCUT2D eigenvalue weighted by molar-refractivity contribution is 6.31. The highest BCUT2D eigenvalue weighted by Gasteiger charge is 2.51. The minimum atomic E-state index is -0.431. The zero-order valence-electron chi connectivity index (χ0n) is 12.0. The van der Waals surface area contributed by atoms with Gasteiger partial charge in [-0.1, -0.05) is 11.6 Å². The highest BCUT2D eigenvalue weighted by Crippen LogP contribution is 2.59. The van der Waals surface area contributed by atoms with E-state index in [1.54, 1.807) is 6.20 Å². The van der Waals surface area contributed by atoms with Crippen molar-refractivity contribution in [2.24, 2.45) is 29.6 Å². The molecule has 0 spiro atoms. The van der Waals surface area contributed by atoms with Gasteiger partial charge in [0, 0.05) is 6.54 Å². The lowest BCUT2D eigenvalue weighted by atomic mass is 9.50. The molecule has 5 rings (SSSR count). The summed E-state index contributed by atoms with van der Waals surface area (Å²) in [7, 11) is 0. The molecular formula is C16H23ClN2O. The first-order valence-corrected chi connectivity index (χ1v) is 8.44. The minimum Gasteiger partial charge on any atom is -0.386 e. The normalized spacial score (nSPS) is 40.2. The van der Waals surface area contributed by atoms with Crippen LogP contribution >= 0.6 is 11.6 Å². The molecule has 4 aliphatic rings. The van der Waals surface area contributed by atoms with Gasteiger partial charge in [0.2, 0.25) is 0 Å². The Morgan fingerprint density at radius 1 is 1.25 bits per heavy atom. The molecule has 4 bridgehead atoms. The van der Waals surface area contributed by atoms with Crippen LogP contribution in [0.4, 0.5) is 0 Å². The molecule has 1 aromatic rings. The molecule has 1 atom stereocenters. The van der Waals surface area contributed by atoms with Crippen molar-refractivity contribution < 1.29 is 5.11 Å². The number of aliphatic hydroxyl groups is 1. The van der Waals surface area contributed by atoms with Crippen LogP contribution in [0.15, 0.2) is 6.20 Å². The van der Waals surface area contributed by atoms with Gasteiger partial charge in [0.25, 0.3) is 0 Å². The van der Waals surface area contributed by atoms with Crippen LogP contribution in [0.2, 0.25) is 5.02 Å². The second-order valence-corrected chi connectivity index (χ2v) is 7.55. The number of hydrogen-bond acceptors (Lipinski definition) is 2. The molecule has 0 aliphatic heterocycles. The molecule has 0 aromatic carbocycles. The SMILES string of the molecule is CCn1ncc(Cl)c1C(O)C1C2CC3CC(C2)CC1C3. The molecule has 4 aliphatic carbocycles. The number of aryl methyl sites for hydroxylation is 1. The van der Waals surface area contributed by atoms with E-state index in [1.165, 1.54) is 32.1 Å². The van der Waals surface area contributed by atoms with E-state index in [4.69, 9.17) is 11.6 Å². The van der Waals surface area contributed by atoms with Crippen LogP contribution in [0, 0.1) is 29.6 Å². The zero-order valence-corrected chi connectivity index (χ0v) is 12.8. The Morgan fingerprint density at radius 3 is 2.40 bits per heavy atom. The monoisotopic (exact) mass is 294 g/mol. The fourth-order valence-electron chi connectivity index (χ4n) is 5.58. The number of aromatic nitrogens is 2. The van der Waals surface area contributed by atoms with Gasteiger partial charge in [-0.15, -0.1) is 0 Å². The van der Waals surface area contributed by atoms with E-state index in [0.29, 0.717) is 22.8 Å². The Balaban J connectivity index is 1.65. The van der Waals surface area contributed by atoms with Gasteiger partial charge in [-0.05, 0) is 68.6 Å². The number of hydrogen-bond donors (Lipinski definition) is 1. The predicted octanol–water partition coefficient (Wildman–Crippen LogP) is 3.66. The second kappa shape index (κ2) is 4.74. The fraction of sp³-hybridized carbons (Fsp3) is 0.812. The number of aliphatic hydroxyl groups excluding tert-OH is 1. The van der Waals surface area contributed by atoms with E-state index in [9.17, 15) is 5.11 Å². The number of halogens is 1. The van der Waals surface area contributed by atoms with Gasteiger partial charge in [-0.2, -0.15) is 5.10 Å².